The van der Waals surface area contributed by atoms with Crippen LogP contribution in [0.4, 0.5) is 0 Å². The van der Waals surface area contributed by atoms with Crippen molar-refractivity contribution in [3.8, 4) is 0 Å². The lowest BCUT2D eigenvalue weighted by atomic mass is 10.0. The van der Waals surface area contributed by atoms with Gasteiger partial charge >= 0.3 is 11.9 Å². The maximum absolute atomic E-state index is 14.0. The lowest BCUT2D eigenvalue weighted by Gasteiger charge is -2.30. The van der Waals surface area contributed by atoms with Gasteiger partial charge in [0.1, 0.15) is 36.3 Å². The number of nitrogens with one attached hydrogen (secondary N) is 7. The van der Waals surface area contributed by atoms with Crippen molar-refractivity contribution in [3.05, 3.63) is 0 Å². The van der Waals surface area contributed by atoms with E-state index in [9.17, 15) is 58.2 Å². The number of carbonyl (C=O) groups is 10. The minimum Gasteiger partial charge on any atom is -0.481 e. The fourth-order valence-corrected chi connectivity index (χ4v) is 6.66. The Balaban J connectivity index is 3.06. The maximum Gasteiger partial charge on any atom is 0.327 e. The molecule has 1 aliphatic heterocycles. The van der Waals surface area contributed by atoms with Crippen LogP contribution in [-0.4, -0.2) is 167 Å². The Kier molecular flexibility index (Phi) is 26.4. The summed E-state index contributed by atoms with van der Waals surface area (Å²) in [5.74, 6) is -9.81. The first-order valence-corrected chi connectivity index (χ1v) is 21.9. The highest BCUT2D eigenvalue weighted by molar-refractivity contribution is 7.80. The number of guanidine groups is 1. The summed E-state index contributed by atoms with van der Waals surface area (Å²) in [6.45, 7) is 2.58. The molecule has 1 aliphatic rings. The molecular weight excluding hydrogens is 883 g/mol. The van der Waals surface area contributed by atoms with E-state index in [1.807, 2.05) is 0 Å². The van der Waals surface area contributed by atoms with Gasteiger partial charge in [-0.05, 0) is 63.8 Å². The maximum atomic E-state index is 14.0. The van der Waals surface area contributed by atoms with E-state index in [-0.39, 0.29) is 68.6 Å². The quantitative estimate of drug-likeness (QED) is 0.0138. The van der Waals surface area contributed by atoms with Crippen LogP contribution in [-0.2, 0) is 47.9 Å². The zero-order valence-electron chi connectivity index (χ0n) is 36.0. The van der Waals surface area contributed by atoms with Gasteiger partial charge in [0, 0.05) is 24.6 Å². The third kappa shape index (κ3) is 21.3. The Morgan fingerprint density at radius 3 is 1.91 bits per heavy atom. The summed E-state index contributed by atoms with van der Waals surface area (Å²) >= 11 is 7.93. The van der Waals surface area contributed by atoms with E-state index in [0.29, 0.717) is 25.8 Å². The van der Waals surface area contributed by atoms with E-state index in [1.165, 1.54) is 4.90 Å². The number of rotatable bonds is 30. The minimum atomic E-state index is -1.67. The van der Waals surface area contributed by atoms with Crippen LogP contribution in [0.2, 0.25) is 0 Å². The fraction of sp³-hybridized carbons (Fsp3) is 0.703. The van der Waals surface area contributed by atoms with Crippen LogP contribution >= 0.6 is 25.3 Å². The molecule has 8 amide bonds. The first-order valence-electron chi connectivity index (χ1n) is 20.7. The topological polar surface area (TPSA) is 415 Å². The molecule has 0 bridgehead atoms. The molecule has 0 aromatic carbocycles. The van der Waals surface area contributed by atoms with Gasteiger partial charge in [-0.25, -0.2) is 4.79 Å². The fourth-order valence-electron chi connectivity index (χ4n) is 6.25. The average Bonchev–Trinajstić information content (AvgIpc) is 3.73. The first-order chi connectivity index (χ1) is 30.1. The molecule has 0 aromatic rings. The molecule has 0 saturated carbocycles. The lowest BCUT2D eigenvalue weighted by Crippen LogP contribution is -2.58. The number of nitrogens with zero attached hydrogens (tertiary/aromatic N) is 2. The SMILES string of the molecule is CC(C)C[C@H](NC(=O)[C@@H](N)CS)C(=O)N[C@@H](CC(=O)O)C(=O)NCC(=O)NCC(=O)N[C@@H](CCCN=C(N)N)C(=O)N1CCC[C@H]1C(=O)N[C@@H](CCCCN)C(=O)N[C@@H](CS)C(=O)O. The molecular formula is C37H65N13O12S2. The molecule has 0 aromatic heterocycles. The Morgan fingerprint density at radius 2 is 1.33 bits per heavy atom. The van der Waals surface area contributed by atoms with Crippen molar-refractivity contribution in [1.82, 2.24) is 42.1 Å². The van der Waals surface area contributed by atoms with Gasteiger partial charge in [0.2, 0.25) is 47.3 Å². The van der Waals surface area contributed by atoms with Crippen LogP contribution in [0.15, 0.2) is 4.99 Å². The van der Waals surface area contributed by atoms with Gasteiger partial charge in [0.15, 0.2) is 5.96 Å². The Hall–Kier alpha value is -5.41. The van der Waals surface area contributed by atoms with Crippen molar-refractivity contribution in [2.75, 3.05) is 44.2 Å². The van der Waals surface area contributed by atoms with E-state index in [2.05, 4.69) is 67.5 Å². The number of unbranched alkanes of at least 4 members (excludes halogenated alkanes) is 1. The van der Waals surface area contributed by atoms with Gasteiger partial charge in [0.05, 0.1) is 25.6 Å². The van der Waals surface area contributed by atoms with Crippen molar-refractivity contribution in [2.24, 2.45) is 33.8 Å². The van der Waals surface area contributed by atoms with Gasteiger partial charge in [0.25, 0.3) is 0 Å². The van der Waals surface area contributed by atoms with Crippen LogP contribution in [0.3, 0.4) is 0 Å². The Labute approximate surface area is 381 Å². The molecule has 1 saturated heterocycles. The molecule has 7 atom stereocenters. The molecule has 1 fully saturated rings. The number of thiol groups is 2. The number of hydrogen-bond donors (Lipinski definition) is 15. The zero-order chi connectivity index (χ0) is 48.5. The summed E-state index contributed by atoms with van der Waals surface area (Å²) in [6, 6.07) is -8.69. The van der Waals surface area contributed by atoms with Crippen LogP contribution in [0.5, 0.6) is 0 Å². The number of hydrogen-bond acceptors (Lipinski definition) is 15. The molecule has 0 spiro atoms. The standard InChI is InChI=1S/C37H65N13O12S2/c1-19(2)13-23(47-30(55)20(39)17-63)33(58)48-24(14-29(53)54)31(56)44-15-27(51)43-16-28(52)45-22(8-5-11-42-37(40)41)35(60)50-12-6-9-26(50)34(59)46-21(7-3-4-10-38)32(57)49-25(18-64)36(61)62/h19-26,63-64H,3-18,38-39H2,1-2H3,(H,43,51)(H,44,56)(H,45,52)(H,46,59)(H,47,55)(H,48,58)(H,49,57)(H,53,54)(H,61,62)(H4,40,41,42)/t20-,21-,22-,23-,24-,25-,26-/m0/s1. The molecule has 0 unspecified atom stereocenters. The number of aliphatic carboxylic acids is 2. The second-order valence-corrected chi connectivity index (χ2v) is 16.0. The van der Waals surface area contributed by atoms with Crippen molar-refractivity contribution >= 4 is 90.4 Å². The van der Waals surface area contributed by atoms with Crippen molar-refractivity contribution in [2.45, 2.75) is 114 Å². The van der Waals surface area contributed by atoms with E-state index >= 15 is 0 Å². The molecule has 27 heteroatoms. The monoisotopic (exact) mass is 947 g/mol. The number of carboxylic acid groups (broad SMARTS) is 2. The molecule has 362 valence electrons. The third-order valence-electron chi connectivity index (χ3n) is 9.55. The molecule has 0 radical (unpaired) electrons. The average molecular weight is 948 g/mol. The predicted octanol–water partition coefficient (Wildman–Crippen LogP) is -5.39. The molecule has 64 heavy (non-hydrogen) atoms. The largest absolute Gasteiger partial charge is 0.481 e. The second-order valence-electron chi connectivity index (χ2n) is 15.3. The number of carbonyl (C=O) groups excluding carboxylic acids is 8. The summed E-state index contributed by atoms with van der Waals surface area (Å²) in [4.78, 5) is 133. The van der Waals surface area contributed by atoms with Crippen molar-refractivity contribution in [3.63, 3.8) is 0 Å². The molecule has 25 nitrogen and oxygen atoms in total. The van der Waals surface area contributed by atoms with E-state index in [1.54, 1.807) is 13.8 Å². The summed E-state index contributed by atoms with van der Waals surface area (Å²) in [7, 11) is 0. The number of nitrogens with two attached hydrogens (primary N) is 4. The van der Waals surface area contributed by atoms with Crippen LogP contribution in [0.25, 0.3) is 0 Å². The summed E-state index contributed by atoms with van der Waals surface area (Å²) in [5, 5.41) is 35.5. The van der Waals surface area contributed by atoms with Gasteiger partial charge in [-0.2, -0.15) is 25.3 Å². The molecule has 1 rings (SSSR count). The summed E-state index contributed by atoms with van der Waals surface area (Å²) < 4.78 is 0. The molecule has 17 N–H and O–H groups in total. The van der Waals surface area contributed by atoms with Crippen LogP contribution in [0, 0.1) is 5.92 Å². The van der Waals surface area contributed by atoms with E-state index in [0.717, 1.165) is 0 Å². The Morgan fingerprint density at radius 1 is 0.719 bits per heavy atom. The van der Waals surface area contributed by atoms with Crippen LogP contribution < -0.4 is 60.2 Å². The second kappa shape index (κ2) is 29.9. The highest BCUT2D eigenvalue weighted by atomic mass is 32.1. The first kappa shape index (κ1) is 56.6. The minimum absolute atomic E-state index is 0.0129. The Bertz CT molecular complexity index is 1670. The van der Waals surface area contributed by atoms with E-state index < -0.39 is 121 Å². The molecule has 1 heterocycles. The highest BCUT2D eigenvalue weighted by Gasteiger charge is 2.39. The smallest absolute Gasteiger partial charge is 0.327 e. The van der Waals surface area contributed by atoms with Crippen molar-refractivity contribution in [1.29, 1.82) is 0 Å². The van der Waals surface area contributed by atoms with Crippen molar-refractivity contribution < 1.29 is 58.2 Å². The van der Waals surface area contributed by atoms with Gasteiger partial charge < -0.3 is 75.3 Å². The number of likely N-dealkylation sites (tertiary alicyclic amines) is 1. The zero-order valence-corrected chi connectivity index (χ0v) is 37.8. The lowest BCUT2D eigenvalue weighted by molar-refractivity contribution is -0.143. The normalized spacial score (nSPS) is 16.1. The predicted molar refractivity (Wildman–Crippen MR) is 238 cm³/mol. The van der Waals surface area contributed by atoms with Gasteiger partial charge in [-0.15, -0.1) is 0 Å². The summed E-state index contributed by atoms with van der Waals surface area (Å²) in [6.07, 6.45) is 1.07. The van der Waals surface area contributed by atoms with Gasteiger partial charge in [-0.1, -0.05) is 13.8 Å². The molecule has 0 aliphatic carbocycles. The highest BCUT2D eigenvalue weighted by Crippen LogP contribution is 2.20. The number of aliphatic imine (C=N–C) groups is 1. The number of amides is 8. The number of carboxylic acids is 2. The van der Waals surface area contributed by atoms with Gasteiger partial charge in [-0.3, -0.25) is 48.1 Å². The third-order valence-corrected chi connectivity index (χ3v) is 10.3. The van der Waals surface area contributed by atoms with Crippen LogP contribution in [0.1, 0.15) is 71.6 Å². The van der Waals surface area contributed by atoms with E-state index in [4.69, 9.17) is 22.9 Å². The summed E-state index contributed by atoms with van der Waals surface area (Å²) in [5.41, 5.74) is 22.1.